The van der Waals surface area contributed by atoms with Crippen LogP contribution in [0.1, 0.15) is 21.9 Å². The summed E-state index contributed by atoms with van der Waals surface area (Å²) in [7, 11) is 0. The average molecular weight is 489 g/mol. The monoisotopic (exact) mass is 488 g/mol. The Morgan fingerprint density at radius 2 is 1.76 bits per heavy atom. The minimum absolute atomic E-state index is 0.117. The number of amides is 1. The van der Waals surface area contributed by atoms with Crippen LogP contribution in [0.15, 0.2) is 52.9 Å². The first-order valence-electron chi connectivity index (χ1n) is 10.6. The van der Waals surface area contributed by atoms with Crippen molar-refractivity contribution in [2.45, 2.75) is 13.2 Å². The zero-order chi connectivity index (χ0) is 22.8. The fourth-order valence-corrected chi connectivity index (χ4v) is 4.34. The molecular formula is C24H22Cl2N2O5. The van der Waals surface area contributed by atoms with E-state index in [1.54, 1.807) is 30.3 Å². The van der Waals surface area contributed by atoms with Gasteiger partial charge in [-0.1, -0.05) is 29.3 Å². The molecule has 2 aliphatic rings. The number of halogens is 2. The van der Waals surface area contributed by atoms with Crippen LogP contribution in [0.5, 0.6) is 17.2 Å². The molecule has 1 saturated heterocycles. The number of ether oxygens (including phenoxy) is 3. The highest BCUT2D eigenvalue weighted by molar-refractivity contribution is 6.35. The largest absolute Gasteiger partial charge is 0.484 e. The Morgan fingerprint density at radius 1 is 0.939 bits per heavy atom. The minimum Gasteiger partial charge on any atom is -0.484 e. The van der Waals surface area contributed by atoms with Crippen molar-refractivity contribution in [2.24, 2.45) is 0 Å². The smallest absolute Gasteiger partial charge is 0.289 e. The molecule has 2 aliphatic heterocycles. The standard InChI is InChI=1S/C24H22Cl2N2O5/c25-17-2-5-20(19(26)12-17)30-14-18-3-6-22(33-18)24(29)28-9-7-27(8-10-28)13-16-1-4-21-23(11-16)32-15-31-21/h1-6,11-12H,7-10,13-15H2. The van der Waals surface area contributed by atoms with E-state index >= 15 is 0 Å². The summed E-state index contributed by atoms with van der Waals surface area (Å²) >= 11 is 12.0. The number of benzene rings is 2. The lowest BCUT2D eigenvalue weighted by atomic mass is 10.1. The zero-order valence-electron chi connectivity index (χ0n) is 17.8. The van der Waals surface area contributed by atoms with Crippen LogP contribution in [-0.2, 0) is 13.2 Å². The summed E-state index contributed by atoms with van der Waals surface area (Å²) in [5, 5.41) is 0.957. The van der Waals surface area contributed by atoms with Gasteiger partial charge in [0.15, 0.2) is 17.3 Å². The van der Waals surface area contributed by atoms with E-state index in [0.29, 0.717) is 40.4 Å². The van der Waals surface area contributed by atoms with Gasteiger partial charge in [0.1, 0.15) is 18.1 Å². The molecule has 0 radical (unpaired) electrons. The third-order valence-corrected chi connectivity index (χ3v) is 6.17. The van der Waals surface area contributed by atoms with E-state index in [4.69, 9.17) is 41.8 Å². The molecule has 9 heteroatoms. The highest BCUT2D eigenvalue weighted by atomic mass is 35.5. The Morgan fingerprint density at radius 3 is 2.58 bits per heavy atom. The van der Waals surface area contributed by atoms with Crippen LogP contribution >= 0.6 is 23.2 Å². The van der Waals surface area contributed by atoms with Crippen LogP contribution < -0.4 is 14.2 Å². The first-order chi connectivity index (χ1) is 16.0. The Balaban J connectivity index is 1.12. The van der Waals surface area contributed by atoms with Gasteiger partial charge in [0.2, 0.25) is 6.79 Å². The molecule has 33 heavy (non-hydrogen) atoms. The highest BCUT2D eigenvalue weighted by Gasteiger charge is 2.25. The number of carbonyl (C=O) groups excluding carboxylic acids is 1. The first kappa shape index (κ1) is 21.9. The predicted octanol–water partition coefficient (Wildman–Crippen LogP) is 4.85. The molecule has 0 saturated carbocycles. The molecule has 0 bridgehead atoms. The second-order valence-corrected chi connectivity index (χ2v) is 8.73. The summed E-state index contributed by atoms with van der Waals surface area (Å²) in [5.41, 5.74) is 1.16. The highest BCUT2D eigenvalue weighted by Crippen LogP contribution is 2.33. The molecule has 0 aliphatic carbocycles. The van der Waals surface area contributed by atoms with Gasteiger partial charge in [-0.3, -0.25) is 9.69 Å². The van der Waals surface area contributed by atoms with E-state index < -0.39 is 0 Å². The lowest BCUT2D eigenvalue weighted by molar-refractivity contribution is 0.0594. The SMILES string of the molecule is O=C(c1ccc(COc2ccc(Cl)cc2Cl)o1)N1CCN(Cc2ccc3c(c2)OCO3)CC1. The summed E-state index contributed by atoms with van der Waals surface area (Å²) < 4.78 is 22.2. The number of hydrogen-bond donors (Lipinski definition) is 0. The summed E-state index contributed by atoms with van der Waals surface area (Å²) in [6, 6.07) is 14.4. The third-order valence-electron chi connectivity index (χ3n) is 5.64. The summed E-state index contributed by atoms with van der Waals surface area (Å²) in [4.78, 5) is 17.0. The Hall–Kier alpha value is -2.87. The molecule has 3 aromatic rings. The van der Waals surface area contributed by atoms with Gasteiger partial charge < -0.3 is 23.5 Å². The molecule has 172 valence electrons. The number of nitrogens with zero attached hydrogens (tertiary/aromatic N) is 2. The maximum absolute atomic E-state index is 12.9. The van der Waals surface area contributed by atoms with E-state index in [1.165, 1.54) is 0 Å². The predicted molar refractivity (Wildman–Crippen MR) is 123 cm³/mol. The van der Waals surface area contributed by atoms with Crippen molar-refractivity contribution in [3.05, 3.63) is 75.7 Å². The quantitative estimate of drug-likeness (QED) is 0.493. The van der Waals surface area contributed by atoms with Crippen LogP contribution in [0.3, 0.4) is 0 Å². The lowest BCUT2D eigenvalue weighted by Gasteiger charge is -2.34. The molecule has 0 atom stereocenters. The van der Waals surface area contributed by atoms with E-state index in [-0.39, 0.29) is 19.3 Å². The molecule has 0 spiro atoms. The van der Waals surface area contributed by atoms with Gasteiger partial charge in [-0.05, 0) is 48.0 Å². The second-order valence-electron chi connectivity index (χ2n) is 7.89. The van der Waals surface area contributed by atoms with E-state index in [9.17, 15) is 4.79 Å². The Bertz CT molecular complexity index is 1160. The second kappa shape index (κ2) is 9.55. The molecule has 5 rings (SSSR count). The van der Waals surface area contributed by atoms with Gasteiger partial charge in [0.05, 0.1) is 5.02 Å². The normalized spacial score (nSPS) is 15.6. The molecular weight excluding hydrogens is 467 g/mol. The molecule has 1 fully saturated rings. The van der Waals surface area contributed by atoms with Crippen LogP contribution in [0.2, 0.25) is 10.0 Å². The van der Waals surface area contributed by atoms with E-state index in [0.717, 1.165) is 36.7 Å². The fourth-order valence-electron chi connectivity index (χ4n) is 3.87. The first-order valence-corrected chi connectivity index (χ1v) is 11.4. The minimum atomic E-state index is -0.117. The number of piperazine rings is 1. The van der Waals surface area contributed by atoms with Crippen molar-refractivity contribution >= 4 is 29.1 Å². The van der Waals surface area contributed by atoms with Gasteiger partial charge in [0.25, 0.3) is 5.91 Å². The van der Waals surface area contributed by atoms with Crippen LogP contribution in [0.25, 0.3) is 0 Å². The lowest BCUT2D eigenvalue weighted by Crippen LogP contribution is -2.48. The van der Waals surface area contributed by atoms with Gasteiger partial charge >= 0.3 is 0 Å². The summed E-state index contributed by atoms with van der Waals surface area (Å²) in [6.45, 7) is 4.08. The van der Waals surface area contributed by atoms with Crippen molar-refractivity contribution in [3.63, 3.8) is 0 Å². The number of furan rings is 1. The molecule has 1 amide bonds. The maximum Gasteiger partial charge on any atom is 0.289 e. The average Bonchev–Trinajstić information content (AvgIpc) is 3.48. The van der Waals surface area contributed by atoms with Crippen LogP contribution in [0.4, 0.5) is 0 Å². The number of hydrogen-bond acceptors (Lipinski definition) is 6. The van der Waals surface area contributed by atoms with E-state index in [1.807, 2.05) is 17.0 Å². The topological polar surface area (TPSA) is 64.4 Å². The van der Waals surface area contributed by atoms with Gasteiger partial charge in [-0.25, -0.2) is 0 Å². The van der Waals surface area contributed by atoms with E-state index in [2.05, 4.69) is 11.0 Å². The van der Waals surface area contributed by atoms with Crippen molar-refractivity contribution in [1.82, 2.24) is 9.80 Å². The molecule has 0 unspecified atom stereocenters. The van der Waals surface area contributed by atoms with Crippen molar-refractivity contribution in [3.8, 4) is 17.2 Å². The van der Waals surface area contributed by atoms with Crippen molar-refractivity contribution in [1.29, 1.82) is 0 Å². The van der Waals surface area contributed by atoms with Crippen molar-refractivity contribution < 1.29 is 23.4 Å². The Kier molecular flexibility index (Phi) is 6.35. The molecule has 1 aromatic heterocycles. The van der Waals surface area contributed by atoms with Crippen LogP contribution in [-0.4, -0.2) is 48.7 Å². The Labute approximate surface area is 201 Å². The molecule has 2 aromatic carbocycles. The number of fused-ring (bicyclic) bond motifs is 1. The summed E-state index contributed by atoms with van der Waals surface area (Å²) in [5.74, 6) is 2.81. The number of rotatable bonds is 6. The summed E-state index contributed by atoms with van der Waals surface area (Å²) in [6.07, 6.45) is 0. The zero-order valence-corrected chi connectivity index (χ0v) is 19.3. The number of carbonyl (C=O) groups is 1. The fraction of sp³-hybridized carbons (Fsp3) is 0.292. The van der Waals surface area contributed by atoms with Gasteiger partial charge in [-0.2, -0.15) is 0 Å². The molecule has 0 N–H and O–H groups in total. The third kappa shape index (κ3) is 5.05. The van der Waals surface area contributed by atoms with Crippen molar-refractivity contribution in [2.75, 3.05) is 33.0 Å². The van der Waals surface area contributed by atoms with Gasteiger partial charge in [0, 0.05) is 37.7 Å². The van der Waals surface area contributed by atoms with Gasteiger partial charge in [-0.15, -0.1) is 0 Å². The van der Waals surface area contributed by atoms with Crippen LogP contribution in [0, 0.1) is 0 Å². The maximum atomic E-state index is 12.9. The molecule has 7 nitrogen and oxygen atoms in total. The molecule has 3 heterocycles.